The Morgan fingerprint density at radius 3 is 3.00 bits per heavy atom. The van der Waals surface area contributed by atoms with Crippen LogP contribution in [-0.4, -0.2) is 40.2 Å². The van der Waals surface area contributed by atoms with Crippen molar-refractivity contribution in [1.29, 1.82) is 5.26 Å². The summed E-state index contributed by atoms with van der Waals surface area (Å²) in [6.45, 7) is 0.533. The Hall–Kier alpha value is -2.38. The second-order valence-electron chi connectivity index (χ2n) is 5.84. The fourth-order valence-electron chi connectivity index (χ4n) is 2.31. The highest BCUT2D eigenvalue weighted by molar-refractivity contribution is 9.10. The lowest BCUT2D eigenvalue weighted by atomic mass is 10.2. The number of carbonyl (C=O) groups excluding carboxylic acids is 1. The summed E-state index contributed by atoms with van der Waals surface area (Å²) in [5.41, 5.74) is 0.715. The molecule has 0 saturated carbocycles. The van der Waals surface area contributed by atoms with Gasteiger partial charge >= 0.3 is 5.97 Å². The van der Waals surface area contributed by atoms with Gasteiger partial charge in [-0.1, -0.05) is 27.7 Å². The van der Waals surface area contributed by atoms with Gasteiger partial charge in [-0.15, -0.1) is 5.10 Å². The van der Waals surface area contributed by atoms with Crippen molar-refractivity contribution in [2.24, 2.45) is 10.2 Å². The van der Waals surface area contributed by atoms with Crippen LogP contribution in [0, 0.1) is 11.3 Å². The lowest BCUT2D eigenvalue weighted by Crippen LogP contribution is -2.26. The Balaban J connectivity index is 1.95. The number of carbonyl (C=O) groups is 2. The highest BCUT2D eigenvalue weighted by atomic mass is 79.9. The summed E-state index contributed by atoms with van der Waals surface area (Å²) in [4.78, 5) is 22.4. The van der Waals surface area contributed by atoms with Crippen molar-refractivity contribution in [1.82, 2.24) is 5.32 Å². The molecule has 0 spiro atoms. The number of nitriles is 1. The smallest absolute Gasteiger partial charge is 0.305 e. The average Bonchev–Trinajstić information content (AvgIpc) is 2.98. The third kappa shape index (κ3) is 7.32. The first-order valence-electron chi connectivity index (χ1n) is 8.59. The topological polar surface area (TPSA) is 124 Å². The summed E-state index contributed by atoms with van der Waals surface area (Å²) in [7, 11) is 0. The molecule has 10 heteroatoms. The molecule has 1 aliphatic heterocycles. The molecular weight excluding hydrogens is 448 g/mol. The SMILES string of the molecule is N#CCCCCCOc1ccc(Br)cc1C=NN=C1NC(=O)C(CC(=O)O)S1. The van der Waals surface area contributed by atoms with Crippen LogP contribution in [0.2, 0.25) is 0 Å². The van der Waals surface area contributed by atoms with Gasteiger partial charge in [-0.3, -0.25) is 9.59 Å². The molecular formula is C18H19BrN4O4S. The van der Waals surface area contributed by atoms with Gasteiger partial charge in [0.05, 0.1) is 25.3 Å². The van der Waals surface area contributed by atoms with E-state index >= 15 is 0 Å². The number of nitrogens with zero attached hydrogens (tertiary/aromatic N) is 3. The Morgan fingerprint density at radius 2 is 2.25 bits per heavy atom. The van der Waals surface area contributed by atoms with E-state index < -0.39 is 11.2 Å². The van der Waals surface area contributed by atoms with E-state index in [1.165, 1.54) is 6.21 Å². The molecule has 1 unspecified atom stereocenters. The monoisotopic (exact) mass is 466 g/mol. The Labute approximate surface area is 175 Å². The molecule has 2 N–H and O–H groups in total. The molecule has 1 atom stereocenters. The summed E-state index contributed by atoms with van der Waals surface area (Å²) in [5, 5.41) is 27.3. The Bertz CT molecular complexity index is 822. The number of hydrogen-bond acceptors (Lipinski definition) is 7. The molecule has 0 aromatic heterocycles. The van der Waals surface area contributed by atoms with Gasteiger partial charge in [0.2, 0.25) is 5.91 Å². The van der Waals surface area contributed by atoms with Crippen LogP contribution < -0.4 is 10.1 Å². The minimum absolute atomic E-state index is 0.266. The van der Waals surface area contributed by atoms with Crippen LogP contribution in [-0.2, 0) is 9.59 Å². The number of ether oxygens (including phenoxy) is 1. The fourth-order valence-corrected chi connectivity index (χ4v) is 3.60. The summed E-state index contributed by atoms with van der Waals surface area (Å²) in [6, 6.07) is 7.64. The number of amidine groups is 1. The number of benzene rings is 1. The van der Waals surface area contributed by atoms with E-state index in [0.29, 0.717) is 24.3 Å². The molecule has 1 heterocycles. The van der Waals surface area contributed by atoms with Crippen LogP contribution in [0.5, 0.6) is 5.75 Å². The fraction of sp³-hybridized carbons (Fsp3) is 0.389. The quantitative estimate of drug-likeness (QED) is 0.309. The Kier molecular flexibility index (Phi) is 8.97. The molecule has 8 nitrogen and oxygen atoms in total. The van der Waals surface area contributed by atoms with Gasteiger partial charge in [0.1, 0.15) is 11.0 Å². The maximum atomic E-state index is 11.7. The molecule has 2 rings (SSSR count). The summed E-state index contributed by atoms with van der Waals surface area (Å²) >= 11 is 4.45. The van der Waals surface area contributed by atoms with E-state index in [9.17, 15) is 9.59 Å². The summed E-state index contributed by atoms with van der Waals surface area (Å²) in [5.74, 6) is -0.774. The predicted octanol–water partition coefficient (Wildman–Crippen LogP) is 3.31. The van der Waals surface area contributed by atoms with E-state index in [2.05, 4.69) is 37.5 Å². The molecule has 1 saturated heterocycles. The number of aliphatic carboxylic acids is 1. The van der Waals surface area contributed by atoms with Crippen molar-refractivity contribution >= 4 is 51.0 Å². The van der Waals surface area contributed by atoms with Gasteiger partial charge in [0.25, 0.3) is 0 Å². The lowest BCUT2D eigenvalue weighted by molar-refractivity contribution is -0.138. The standard InChI is InChI=1S/C18H19BrN4O4S/c19-13-5-6-14(27-8-4-2-1-3-7-20)12(9-13)11-21-23-18-22-17(26)15(28-18)10-16(24)25/h5-6,9,11,15H,1-4,8,10H2,(H,24,25)(H,22,23,26). The van der Waals surface area contributed by atoms with Crippen molar-refractivity contribution in [3.63, 3.8) is 0 Å². The number of nitrogens with one attached hydrogen (secondary N) is 1. The maximum absolute atomic E-state index is 11.7. The number of unbranched alkanes of at least 4 members (excludes halogenated alkanes) is 3. The number of halogens is 1. The number of carboxylic acids is 1. The Morgan fingerprint density at radius 1 is 1.43 bits per heavy atom. The van der Waals surface area contributed by atoms with Gasteiger partial charge < -0.3 is 15.2 Å². The van der Waals surface area contributed by atoms with Gasteiger partial charge in [-0.25, -0.2) is 0 Å². The summed E-state index contributed by atoms with van der Waals surface area (Å²) in [6.07, 6.45) is 4.44. The number of thioether (sulfide) groups is 1. The van der Waals surface area contributed by atoms with Crippen molar-refractivity contribution in [2.75, 3.05) is 6.61 Å². The van der Waals surface area contributed by atoms with Crippen molar-refractivity contribution in [2.45, 2.75) is 37.4 Å². The molecule has 1 aromatic carbocycles. The largest absolute Gasteiger partial charge is 0.493 e. The normalized spacial score (nSPS) is 17.6. The first-order chi connectivity index (χ1) is 13.5. The number of amides is 1. The third-order valence-electron chi connectivity index (χ3n) is 3.64. The highest BCUT2D eigenvalue weighted by Crippen LogP contribution is 2.24. The molecule has 1 aromatic rings. The minimum atomic E-state index is -1.04. The van der Waals surface area contributed by atoms with E-state index in [4.69, 9.17) is 15.1 Å². The second kappa shape index (κ2) is 11.5. The van der Waals surface area contributed by atoms with Crippen LogP contribution in [0.3, 0.4) is 0 Å². The van der Waals surface area contributed by atoms with Crippen molar-refractivity contribution in [3.05, 3.63) is 28.2 Å². The average molecular weight is 467 g/mol. The minimum Gasteiger partial charge on any atom is -0.493 e. The third-order valence-corrected chi connectivity index (χ3v) is 5.21. The van der Waals surface area contributed by atoms with Crippen molar-refractivity contribution in [3.8, 4) is 11.8 Å². The molecule has 0 bridgehead atoms. The van der Waals surface area contributed by atoms with E-state index in [-0.39, 0.29) is 17.5 Å². The molecule has 0 aliphatic carbocycles. The van der Waals surface area contributed by atoms with Gasteiger partial charge in [-0.2, -0.15) is 10.4 Å². The van der Waals surface area contributed by atoms with Gasteiger partial charge in [0, 0.05) is 16.5 Å². The molecule has 1 fully saturated rings. The van der Waals surface area contributed by atoms with Gasteiger partial charge in [-0.05, 0) is 37.5 Å². The van der Waals surface area contributed by atoms with E-state index in [0.717, 1.165) is 35.5 Å². The van der Waals surface area contributed by atoms with E-state index in [1.807, 2.05) is 18.2 Å². The van der Waals surface area contributed by atoms with Crippen LogP contribution >= 0.6 is 27.7 Å². The molecule has 148 valence electrons. The highest BCUT2D eigenvalue weighted by Gasteiger charge is 2.32. The number of hydrogen-bond donors (Lipinski definition) is 2. The number of rotatable bonds is 10. The molecule has 28 heavy (non-hydrogen) atoms. The lowest BCUT2D eigenvalue weighted by Gasteiger charge is -2.09. The molecule has 1 amide bonds. The zero-order valence-corrected chi connectivity index (χ0v) is 17.3. The van der Waals surface area contributed by atoms with Crippen molar-refractivity contribution < 1.29 is 19.4 Å². The van der Waals surface area contributed by atoms with Crippen LogP contribution in [0.15, 0.2) is 32.9 Å². The zero-order valence-electron chi connectivity index (χ0n) is 14.9. The van der Waals surface area contributed by atoms with E-state index in [1.54, 1.807) is 0 Å². The van der Waals surface area contributed by atoms with Crippen LogP contribution in [0.4, 0.5) is 0 Å². The zero-order chi connectivity index (χ0) is 20.4. The second-order valence-corrected chi connectivity index (χ2v) is 7.95. The maximum Gasteiger partial charge on any atom is 0.305 e. The summed E-state index contributed by atoms with van der Waals surface area (Å²) < 4.78 is 6.64. The predicted molar refractivity (Wildman–Crippen MR) is 111 cm³/mol. The van der Waals surface area contributed by atoms with Gasteiger partial charge in [0.15, 0.2) is 5.17 Å². The first kappa shape index (κ1) is 21.9. The van der Waals surface area contributed by atoms with Crippen LogP contribution in [0.1, 0.15) is 37.7 Å². The number of carboxylic acid groups (broad SMARTS) is 1. The van der Waals surface area contributed by atoms with Crippen LogP contribution in [0.25, 0.3) is 0 Å². The molecule has 0 radical (unpaired) electrons. The first-order valence-corrected chi connectivity index (χ1v) is 10.3. The molecule has 1 aliphatic rings.